The molecule has 1 aromatic heterocycles. The van der Waals surface area contributed by atoms with Crippen LogP contribution < -0.4 is 5.32 Å². The number of para-hydroxylation sites is 1. The standard InChI is InChI=1S/C24H28N4O3/c1-16-6-5-8-20(17(16)2)25-23(29)15-31-24(30)19-12-10-18(11-13-19)14-28-22-9-4-3-7-21(22)26-27-28/h3-4,7,9-13,16-17,20H,5-6,8,14-15H2,1-2H3,(H,25,29)/t16-,17+,20-/m0/s1. The first kappa shape index (κ1) is 21.0. The maximum Gasteiger partial charge on any atom is 0.338 e. The van der Waals surface area contributed by atoms with Crippen molar-refractivity contribution >= 4 is 22.9 Å². The zero-order valence-electron chi connectivity index (χ0n) is 18.0. The number of hydrogen-bond acceptors (Lipinski definition) is 5. The van der Waals surface area contributed by atoms with Crippen molar-refractivity contribution in [3.8, 4) is 0 Å². The molecule has 1 heterocycles. The van der Waals surface area contributed by atoms with Crippen LogP contribution in [0.25, 0.3) is 11.0 Å². The normalized spacial score (nSPS) is 21.0. The molecule has 162 valence electrons. The van der Waals surface area contributed by atoms with Gasteiger partial charge in [0, 0.05) is 6.04 Å². The second-order valence-corrected chi connectivity index (χ2v) is 8.45. The molecule has 7 nitrogen and oxygen atoms in total. The van der Waals surface area contributed by atoms with Crippen molar-refractivity contribution in [2.75, 3.05) is 6.61 Å². The molecule has 0 bridgehead atoms. The zero-order chi connectivity index (χ0) is 21.8. The molecule has 0 saturated heterocycles. The van der Waals surface area contributed by atoms with E-state index in [1.54, 1.807) is 12.1 Å². The summed E-state index contributed by atoms with van der Waals surface area (Å²) < 4.78 is 7.04. The molecule has 1 fully saturated rings. The lowest BCUT2D eigenvalue weighted by atomic mass is 9.78. The molecule has 31 heavy (non-hydrogen) atoms. The van der Waals surface area contributed by atoms with Crippen molar-refractivity contribution in [1.82, 2.24) is 20.3 Å². The second kappa shape index (κ2) is 9.29. The summed E-state index contributed by atoms with van der Waals surface area (Å²) in [5.74, 6) is 0.283. The number of amides is 1. The summed E-state index contributed by atoms with van der Waals surface area (Å²) in [6.07, 6.45) is 3.30. The number of benzene rings is 2. The summed E-state index contributed by atoms with van der Waals surface area (Å²) in [5.41, 5.74) is 3.21. The minimum atomic E-state index is -0.502. The van der Waals surface area contributed by atoms with Gasteiger partial charge in [-0.15, -0.1) is 5.10 Å². The van der Waals surface area contributed by atoms with E-state index >= 15 is 0 Å². The van der Waals surface area contributed by atoms with Crippen molar-refractivity contribution in [2.24, 2.45) is 11.8 Å². The maximum atomic E-state index is 12.3. The molecule has 1 N–H and O–H groups in total. The van der Waals surface area contributed by atoms with E-state index in [2.05, 4.69) is 29.5 Å². The Bertz CT molecular complexity index is 1060. The predicted octanol–water partition coefficient (Wildman–Crippen LogP) is 3.58. The molecule has 1 aliphatic rings. The average Bonchev–Trinajstić information content (AvgIpc) is 3.19. The number of ether oxygens (including phenoxy) is 1. The first-order chi connectivity index (χ1) is 15.0. The van der Waals surface area contributed by atoms with E-state index in [9.17, 15) is 9.59 Å². The predicted molar refractivity (Wildman–Crippen MR) is 117 cm³/mol. The van der Waals surface area contributed by atoms with Gasteiger partial charge < -0.3 is 10.1 Å². The molecule has 3 aromatic rings. The van der Waals surface area contributed by atoms with Crippen LogP contribution in [0.1, 0.15) is 49.0 Å². The number of nitrogens with zero attached hydrogens (tertiary/aromatic N) is 3. The highest BCUT2D eigenvalue weighted by atomic mass is 16.5. The summed E-state index contributed by atoms with van der Waals surface area (Å²) in [6, 6.07) is 15.1. The molecule has 1 aliphatic carbocycles. The van der Waals surface area contributed by atoms with Gasteiger partial charge in [0.2, 0.25) is 0 Å². The Labute approximate surface area is 181 Å². The van der Waals surface area contributed by atoms with Crippen molar-refractivity contribution in [3.05, 3.63) is 59.7 Å². The highest BCUT2D eigenvalue weighted by molar-refractivity contribution is 5.91. The third kappa shape index (κ3) is 4.93. The summed E-state index contributed by atoms with van der Waals surface area (Å²) in [7, 11) is 0. The van der Waals surface area contributed by atoms with Gasteiger partial charge in [-0.25, -0.2) is 9.48 Å². The van der Waals surface area contributed by atoms with Crippen molar-refractivity contribution in [3.63, 3.8) is 0 Å². The molecule has 1 amide bonds. The van der Waals surface area contributed by atoms with E-state index in [0.717, 1.165) is 29.4 Å². The van der Waals surface area contributed by atoms with Gasteiger partial charge >= 0.3 is 5.97 Å². The SMILES string of the molecule is C[C@H]1[C@@H](NC(=O)COC(=O)c2ccc(Cn3nnc4ccccc43)cc2)CCC[C@@H]1C. The third-order valence-electron chi connectivity index (χ3n) is 6.33. The quantitative estimate of drug-likeness (QED) is 0.616. The van der Waals surface area contributed by atoms with Gasteiger partial charge in [0.1, 0.15) is 5.52 Å². The van der Waals surface area contributed by atoms with E-state index in [0.29, 0.717) is 23.9 Å². The molecule has 2 aromatic carbocycles. The van der Waals surface area contributed by atoms with E-state index in [1.165, 1.54) is 6.42 Å². The number of hydrogen-bond donors (Lipinski definition) is 1. The Morgan fingerprint density at radius 2 is 1.87 bits per heavy atom. The van der Waals surface area contributed by atoms with E-state index in [4.69, 9.17) is 4.74 Å². The van der Waals surface area contributed by atoms with E-state index < -0.39 is 5.97 Å². The summed E-state index contributed by atoms with van der Waals surface area (Å²) in [5, 5.41) is 11.4. The smallest absolute Gasteiger partial charge is 0.338 e. The van der Waals surface area contributed by atoms with Gasteiger partial charge in [0.05, 0.1) is 17.6 Å². The molecular formula is C24H28N4O3. The molecule has 4 rings (SSSR count). The summed E-state index contributed by atoms with van der Waals surface area (Å²) in [6.45, 7) is 4.68. The number of carbonyl (C=O) groups is 2. The lowest BCUT2D eigenvalue weighted by Gasteiger charge is -2.34. The minimum absolute atomic E-state index is 0.155. The van der Waals surface area contributed by atoms with E-state index in [1.807, 2.05) is 41.1 Å². The van der Waals surface area contributed by atoms with Crippen LogP contribution in [0.3, 0.4) is 0 Å². The van der Waals surface area contributed by atoms with Crippen LogP contribution in [0.15, 0.2) is 48.5 Å². The van der Waals surface area contributed by atoms with Crippen LogP contribution in [0, 0.1) is 11.8 Å². The molecule has 1 saturated carbocycles. The van der Waals surface area contributed by atoms with Crippen molar-refractivity contribution in [1.29, 1.82) is 0 Å². The van der Waals surface area contributed by atoms with Gasteiger partial charge in [0.15, 0.2) is 6.61 Å². The lowest BCUT2D eigenvalue weighted by molar-refractivity contribution is -0.125. The highest BCUT2D eigenvalue weighted by Gasteiger charge is 2.28. The van der Waals surface area contributed by atoms with E-state index in [-0.39, 0.29) is 18.6 Å². The largest absolute Gasteiger partial charge is 0.452 e. The van der Waals surface area contributed by atoms with Crippen LogP contribution in [-0.2, 0) is 16.1 Å². The number of aromatic nitrogens is 3. The molecular weight excluding hydrogens is 392 g/mol. The molecule has 3 atom stereocenters. The average molecular weight is 421 g/mol. The Morgan fingerprint density at radius 1 is 1.10 bits per heavy atom. The fourth-order valence-corrected chi connectivity index (χ4v) is 4.20. The highest BCUT2D eigenvalue weighted by Crippen LogP contribution is 2.29. The van der Waals surface area contributed by atoms with Gasteiger partial charge in [-0.05, 0) is 48.1 Å². The maximum absolute atomic E-state index is 12.3. The van der Waals surface area contributed by atoms with Crippen molar-refractivity contribution in [2.45, 2.75) is 45.7 Å². The molecule has 0 unspecified atom stereocenters. The summed E-state index contributed by atoms with van der Waals surface area (Å²) in [4.78, 5) is 24.6. The molecule has 0 aliphatic heterocycles. The second-order valence-electron chi connectivity index (χ2n) is 8.45. The minimum Gasteiger partial charge on any atom is -0.452 e. The molecule has 0 radical (unpaired) electrons. The number of nitrogens with one attached hydrogen (secondary N) is 1. The third-order valence-corrected chi connectivity index (χ3v) is 6.33. The van der Waals surface area contributed by atoms with Crippen LogP contribution in [0.2, 0.25) is 0 Å². The number of carbonyl (C=O) groups excluding carboxylic acids is 2. The fourth-order valence-electron chi connectivity index (χ4n) is 4.20. The zero-order valence-corrected chi connectivity index (χ0v) is 18.0. The van der Waals surface area contributed by atoms with Gasteiger partial charge in [-0.3, -0.25) is 4.79 Å². The Balaban J connectivity index is 1.29. The van der Waals surface area contributed by atoms with Gasteiger partial charge in [-0.2, -0.15) is 0 Å². The Morgan fingerprint density at radius 3 is 2.68 bits per heavy atom. The van der Waals surface area contributed by atoms with Crippen molar-refractivity contribution < 1.29 is 14.3 Å². The fraction of sp³-hybridized carbons (Fsp3) is 0.417. The number of rotatable bonds is 6. The Hall–Kier alpha value is -3.22. The number of fused-ring (bicyclic) bond motifs is 1. The molecule has 7 heteroatoms. The first-order valence-corrected chi connectivity index (χ1v) is 10.8. The lowest BCUT2D eigenvalue weighted by Crippen LogP contribution is -2.45. The first-order valence-electron chi connectivity index (χ1n) is 10.8. The van der Waals surface area contributed by atoms with Gasteiger partial charge in [0.25, 0.3) is 5.91 Å². The van der Waals surface area contributed by atoms with Crippen LogP contribution in [-0.4, -0.2) is 39.5 Å². The Kier molecular flexibility index (Phi) is 6.30. The van der Waals surface area contributed by atoms with Crippen LogP contribution in [0.4, 0.5) is 0 Å². The van der Waals surface area contributed by atoms with Crippen LogP contribution >= 0.6 is 0 Å². The monoisotopic (exact) mass is 420 g/mol. The number of esters is 1. The van der Waals surface area contributed by atoms with Crippen LogP contribution in [0.5, 0.6) is 0 Å². The summed E-state index contributed by atoms with van der Waals surface area (Å²) >= 11 is 0. The molecule has 0 spiro atoms. The topological polar surface area (TPSA) is 86.1 Å². The van der Waals surface area contributed by atoms with Gasteiger partial charge in [-0.1, -0.05) is 56.2 Å².